The van der Waals surface area contributed by atoms with Crippen LogP contribution in [0.15, 0.2) is 29.6 Å². The number of aromatic carboxylic acids is 1. The number of halogens is 1. The zero-order chi connectivity index (χ0) is 10.8. The van der Waals surface area contributed by atoms with E-state index in [0.29, 0.717) is 0 Å². The maximum atomic E-state index is 13.4. The smallest absolute Gasteiger partial charge is 0.338 e. The van der Waals surface area contributed by atoms with E-state index in [9.17, 15) is 9.18 Å². The SMILES string of the molecule is O=C(O)c1csnc1-c1ccccc1F. The molecule has 0 fully saturated rings. The van der Waals surface area contributed by atoms with Gasteiger partial charge in [-0.15, -0.1) is 0 Å². The summed E-state index contributed by atoms with van der Waals surface area (Å²) in [5, 5.41) is 10.2. The van der Waals surface area contributed by atoms with Crippen LogP contribution in [-0.2, 0) is 0 Å². The highest BCUT2D eigenvalue weighted by Crippen LogP contribution is 2.26. The molecular formula is C10H6FNO2S. The number of hydrogen-bond donors (Lipinski definition) is 1. The topological polar surface area (TPSA) is 50.2 Å². The van der Waals surface area contributed by atoms with Crippen LogP contribution in [-0.4, -0.2) is 15.4 Å². The van der Waals surface area contributed by atoms with E-state index < -0.39 is 11.8 Å². The number of carboxylic acid groups (broad SMARTS) is 1. The van der Waals surface area contributed by atoms with Gasteiger partial charge in [-0.2, -0.15) is 4.37 Å². The molecule has 1 heterocycles. The van der Waals surface area contributed by atoms with Gasteiger partial charge in [-0.3, -0.25) is 0 Å². The molecule has 1 aromatic carbocycles. The first-order valence-electron chi connectivity index (χ1n) is 4.12. The monoisotopic (exact) mass is 223 g/mol. The molecule has 2 rings (SSSR count). The minimum atomic E-state index is -1.10. The third-order valence-electron chi connectivity index (χ3n) is 1.93. The van der Waals surface area contributed by atoms with Gasteiger partial charge in [0.1, 0.15) is 11.5 Å². The van der Waals surface area contributed by atoms with Crippen LogP contribution in [0.25, 0.3) is 11.3 Å². The molecule has 0 aliphatic heterocycles. The highest BCUT2D eigenvalue weighted by Gasteiger charge is 2.16. The standard InChI is InChI=1S/C10H6FNO2S/c11-8-4-2-1-3-6(8)9-7(10(13)14)5-15-12-9/h1-5H,(H,13,14). The number of benzene rings is 1. The second-order valence-electron chi connectivity index (χ2n) is 2.86. The number of carboxylic acids is 1. The van der Waals surface area contributed by atoms with Crippen molar-refractivity contribution in [2.75, 3.05) is 0 Å². The van der Waals surface area contributed by atoms with Gasteiger partial charge in [0.25, 0.3) is 0 Å². The Balaban J connectivity index is 2.59. The molecule has 76 valence electrons. The van der Waals surface area contributed by atoms with Gasteiger partial charge in [0.15, 0.2) is 0 Å². The summed E-state index contributed by atoms with van der Waals surface area (Å²) in [6, 6.07) is 5.98. The number of carbonyl (C=O) groups is 1. The number of hydrogen-bond acceptors (Lipinski definition) is 3. The molecule has 3 nitrogen and oxygen atoms in total. The van der Waals surface area contributed by atoms with Crippen molar-refractivity contribution in [3.05, 3.63) is 41.0 Å². The molecule has 0 atom stereocenters. The molecule has 15 heavy (non-hydrogen) atoms. The van der Waals surface area contributed by atoms with Gasteiger partial charge in [0.2, 0.25) is 0 Å². The van der Waals surface area contributed by atoms with E-state index >= 15 is 0 Å². The van der Waals surface area contributed by atoms with E-state index in [-0.39, 0.29) is 16.8 Å². The first-order chi connectivity index (χ1) is 7.20. The van der Waals surface area contributed by atoms with Crippen LogP contribution in [0.5, 0.6) is 0 Å². The van der Waals surface area contributed by atoms with E-state index in [1.54, 1.807) is 12.1 Å². The van der Waals surface area contributed by atoms with Gasteiger partial charge >= 0.3 is 5.97 Å². The molecule has 0 aliphatic rings. The zero-order valence-corrected chi connectivity index (χ0v) is 8.29. The Labute approximate surface area is 89.0 Å². The minimum Gasteiger partial charge on any atom is -0.478 e. The van der Waals surface area contributed by atoms with Gasteiger partial charge in [0.05, 0.1) is 5.56 Å². The summed E-state index contributed by atoms with van der Waals surface area (Å²) < 4.78 is 17.3. The molecule has 0 unspecified atom stereocenters. The lowest BCUT2D eigenvalue weighted by atomic mass is 10.1. The molecule has 0 bridgehead atoms. The molecule has 0 saturated carbocycles. The summed E-state index contributed by atoms with van der Waals surface area (Å²) in [5.74, 6) is -1.56. The maximum absolute atomic E-state index is 13.4. The first-order valence-corrected chi connectivity index (χ1v) is 4.96. The fourth-order valence-corrected chi connectivity index (χ4v) is 1.91. The number of rotatable bonds is 2. The molecular weight excluding hydrogens is 217 g/mol. The van der Waals surface area contributed by atoms with Crippen LogP contribution in [0, 0.1) is 5.82 Å². The predicted octanol–water partition coefficient (Wildman–Crippen LogP) is 2.65. The lowest BCUT2D eigenvalue weighted by Gasteiger charge is -1.99. The van der Waals surface area contributed by atoms with Crippen molar-refractivity contribution >= 4 is 17.5 Å². The Morgan fingerprint density at radius 2 is 2.13 bits per heavy atom. The lowest BCUT2D eigenvalue weighted by Crippen LogP contribution is -1.97. The van der Waals surface area contributed by atoms with Crippen LogP contribution >= 0.6 is 11.5 Å². The molecule has 0 amide bonds. The van der Waals surface area contributed by atoms with Crippen molar-refractivity contribution in [2.24, 2.45) is 0 Å². The second-order valence-corrected chi connectivity index (χ2v) is 3.49. The summed E-state index contributed by atoms with van der Waals surface area (Å²) in [6.45, 7) is 0. The van der Waals surface area contributed by atoms with E-state index in [2.05, 4.69) is 4.37 Å². The Hall–Kier alpha value is -1.75. The molecule has 5 heteroatoms. The lowest BCUT2D eigenvalue weighted by molar-refractivity contribution is 0.0698. The van der Waals surface area contributed by atoms with Gasteiger partial charge in [0, 0.05) is 10.9 Å². The van der Waals surface area contributed by atoms with Crippen molar-refractivity contribution in [3.63, 3.8) is 0 Å². The first kappa shape index (κ1) is 9.79. The average molecular weight is 223 g/mol. The molecule has 0 spiro atoms. The van der Waals surface area contributed by atoms with Crippen LogP contribution in [0.2, 0.25) is 0 Å². The fourth-order valence-electron chi connectivity index (χ4n) is 1.24. The minimum absolute atomic E-state index is 0.0325. The molecule has 0 radical (unpaired) electrons. The Morgan fingerprint density at radius 1 is 1.40 bits per heavy atom. The van der Waals surface area contributed by atoms with Gasteiger partial charge < -0.3 is 5.11 Å². The van der Waals surface area contributed by atoms with Crippen molar-refractivity contribution < 1.29 is 14.3 Å². The fraction of sp³-hybridized carbons (Fsp3) is 0. The van der Waals surface area contributed by atoms with E-state index in [1.807, 2.05) is 0 Å². The van der Waals surface area contributed by atoms with E-state index in [1.165, 1.54) is 17.5 Å². The van der Waals surface area contributed by atoms with Crippen molar-refractivity contribution in [1.29, 1.82) is 0 Å². The third-order valence-corrected chi connectivity index (χ3v) is 2.56. The molecule has 1 aromatic heterocycles. The van der Waals surface area contributed by atoms with Crippen molar-refractivity contribution in [2.45, 2.75) is 0 Å². The van der Waals surface area contributed by atoms with Crippen LogP contribution < -0.4 is 0 Å². The van der Waals surface area contributed by atoms with E-state index in [0.717, 1.165) is 11.5 Å². The van der Waals surface area contributed by atoms with Crippen LogP contribution in [0.1, 0.15) is 10.4 Å². The van der Waals surface area contributed by atoms with E-state index in [4.69, 9.17) is 5.11 Å². The second kappa shape index (κ2) is 3.78. The number of aromatic nitrogens is 1. The number of nitrogens with zero attached hydrogens (tertiary/aromatic N) is 1. The summed E-state index contributed by atoms with van der Waals surface area (Å²) >= 11 is 1.00. The molecule has 1 N–H and O–H groups in total. The molecule has 0 saturated heterocycles. The quantitative estimate of drug-likeness (QED) is 0.851. The third kappa shape index (κ3) is 1.73. The van der Waals surface area contributed by atoms with Crippen LogP contribution in [0.3, 0.4) is 0 Å². The highest BCUT2D eigenvalue weighted by molar-refractivity contribution is 7.04. The van der Waals surface area contributed by atoms with Crippen molar-refractivity contribution in [3.8, 4) is 11.3 Å². The molecule has 0 aliphatic carbocycles. The van der Waals surface area contributed by atoms with Crippen molar-refractivity contribution in [1.82, 2.24) is 4.37 Å². The summed E-state index contributed by atoms with van der Waals surface area (Å²) in [4.78, 5) is 10.8. The normalized spacial score (nSPS) is 10.2. The maximum Gasteiger partial charge on any atom is 0.338 e. The van der Waals surface area contributed by atoms with Gasteiger partial charge in [-0.05, 0) is 23.7 Å². The summed E-state index contributed by atoms with van der Waals surface area (Å²) in [7, 11) is 0. The summed E-state index contributed by atoms with van der Waals surface area (Å²) in [5.41, 5.74) is 0.437. The largest absolute Gasteiger partial charge is 0.478 e. The average Bonchev–Trinajstić information content (AvgIpc) is 2.67. The summed E-state index contributed by atoms with van der Waals surface area (Å²) in [6.07, 6.45) is 0. The Kier molecular flexibility index (Phi) is 2.47. The zero-order valence-electron chi connectivity index (χ0n) is 7.48. The van der Waals surface area contributed by atoms with Gasteiger partial charge in [-0.1, -0.05) is 12.1 Å². The Bertz CT molecular complexity index is 510. The Morgan fingerprint density at radius 3 is 2.80 bits per heavy atom. The highest BCUT2D eigenvalue weighted by atomic mass is 32.1. The molecule has 2 aromatic rings. The predicted molar refractivity (Wildman–Crippen MR) is 54.5 cm³/mol. The van der Waals surface area contributed by atoms with Gasteiger partial charge in [-0.25, -0.2) is 9.18 Å². The van der Waals surface area contributed by atoms with Crippen LogP contribution in [0.4, 0.5) is 4.39 Å².